The largest absolute Gasteiger partial charge is 0.494 e. The first-order valence-corrected chi connectivity index (χ1v) is 7.60. The minimum absolute atomic E-state index is 0.800. The van der Waals surface area contributed by atoms with Crippen LogP contribution < -0.4 is 0 Å². The minimum Gasteiger partial charge on any atom is -0.494 e. The molecule has 0 amide bonds. The molecule has 0 aromatic carbocycles. The van der Waals surface area contributed by atoms with E-state index in [0.29, 0.717) is 0 Å². The van der Waals surface area contributed by atoms with Crippen molar-refractivity contribution in [3.63, 3.8) is 0 Å². The maximum absolute atomic E-state index is 5.73. The van der Waals surface area contributed by atoms with E-state index in [2.05, 4.69) is 18.4 Å². The van der Waals surface area contributed by atoms with Gasteiger partial charge in [-0.3, -0.25) is 0 Å². The van der Waals surface area contributed by atoms with E-state index in [1.165, 1.54) is 38.9 Å². The Labute approximate surface area is 118 Å². The maximum Gasteiger partial charge on any atom is 0.115 e. The molecule has 2 nitrogen and oxygen atoms in total. The number of piperidine rings is 1. The highest BCUT2D eigenvalue weighted by Crippen LogP contribution is 2.19. The van der Waals surface area contributed by atoms with Crippen LogP contribution >= 0.6 is 0 Å². The molecule has 0 aromatic heterocycles. The zero-order chi connectivity index (χ0) is 13.9. The standard InChI is InChI=1S/C17H29NO/c1-4-7-9-17(6-3)19-15-8-12-18-13-10-16(5-2)11-14-18/h4,6-7,9,16H,1,5,8,10-15H2,2-3H3/b9-7-,17-6+. The van der Waals surface area contributed by atoms with Gasteiger partial charge in [0, 0.05) is 6.54 Å². The van der Waals surface area contributed by atoms with Crippen molar-refractivity contribution in [1.82, 2.24) is 4.90 Å². The summed E-state index contributed by atoms with van der Waals surface area (Å²) in [6, 6.07) is 0. The normalized spacial score (nSPS) is 18.9. The molecule has 0 radical (unpaired) electrons. The van der Waals surface area contributed by atoms with Crippen molar-refractivity contribution in [2.75, 3.05) is 26.2 Å². The van der Waals surface area contributed by atoms with Gasteiger partial charge in [-0.25, -0.2) is 0 Å². The molecule has 0 aliphatic carbocycles. The van der Waals surface area contributed by atoms with Gasteiger partial charge in [-0.1, -0.05) is 32.1 Å². The predicted molar refractivity (Wildman–Crippen MR) is 83.1 cm³/mol. The summed E-state index contributed by atoms with van der Waals surface area (Å²) in [5.41, 5.74) is 0. The van der Waals surface area contributed by atoms with Crippen LogP contribution in [0.4, 0.5) is 0 Å². The van der Waals surface area contributed by atoms with E-state index in [1.807, 2.05) is 25.2 Å². The molecular weight excluding hydrogens is 234 g/mol. The molecule has 0 N–H and O–H groups in total. The third-order valence-corrected chi connectivity index (χ3v) is 3.85. The summed E-state index contributed by atoms with van der Waals surface area (Å²) in [7, 11) is 0. The summed E-state index contributed by atoms with van der Waals surface area (Å²) < 4.78 is 5.73. The average Bonchev–Trinajstić information content (AvgIpc) is 2.47. The van der Waals surface area contributed by atoms with Gasteiger partial charge in [0.25, 0.3) is 0 Å². The van der Waals surface area contributed by atoms with Gasteiger partial charge in [0.05, 0.1) is 6.61 Å². The molecule has 19 heavy (non-hydrogen) atoms. The van der Waals surface area contributed by atoms with Gasteiger partial charge >= 0.3 is 0 Å². The van der Waals surface area contributed by atoms with Crippen LogP contribution in [0.1, 0.15) is 39.5 Å². The van der Waals surface area contributed by atoms with Crippen molar-refractivity contribution in [3.05, 3.63) is 36.6 Å². The number of nitrogens with zero attached hydrogens (tertiary/aromatic N) is 1. The summed E-state index contributed by atoms with van der Waals surface area (Å²) >= 11 is 0. The Bertz CT molecular complexity index is 298. The van der Waals surface area contributed by atoms with Gasteiger partial charge in [-0.2, -0.15) is 0 Å². The Hall–Kier alpha value is -1.02. The van der Waals surface area contributed by atoms with E-state index in [-0.39, 0.29) is 0 Å². The summed E-state index contributed by atoms with van der Waals surface area (Å²) in [5.74, 6) is 1.90. The van der Waals surface area contributed by atoms with E-state index < -0.39 is 0 Å². The lowest BCUT2D eigenvalue weighted by molar-refractivity contribution is 0.154. The van der Waals surface area contributed by atoms with Gasteiger partial charge in [0.1, 0.15) is 5.76 Å². The van der Waals surface area contributed by atoms with Crippen LogP contribution in [0.15, 0.2) is 36.6 Å². The van der Waals surface area contributed by atoms with E-state index >= 15 is 0 Å². The molecule has 0 spiro atoms. The molecule has 0 atom stereocenters. The second-order valence-electron chi connectivity index (χ2n) is 5.18. The van der Waals surface area contributed by atoms with Crippen molar-refractivity contribution in [2.45, 2.75) is 39.5 Å². The fourth-order valence-electron chi connectivity index (χ4n) is 2.49. The van der Waals surface area contributed by atoms with Crippen LogP contribution in [-0.4, -0.2) is 31.1 Å². The maximum atomic E-state index is 5.73. The molecule has 108 valence electrons. The van der Waals surface area contributed by atoms with Gasteiger partial charge < -0.3 is 9.64 Å². The first kappa shape index (κ1) is 16.0. The fraction of sp³-hybridized carbons (Fsp3) is 0.647. The number of hydrogen-bond acceptors (Lipinski definition) is 2. The monoisotopic (exact) mass is 263 g/mol. The second kappa shape index (κ2) is 9.85. The molecule has 1 aliphatic heterocycles. The second-order valence-corrected chi connectivity index (χ2v) is 5.18. The SMILES string of the molecule is C=C/C=C\C(=C/C)OCCCN1CCC(CC)CC1. The smallest absolute Gasteiger partial charge is 0.115 e. The number of allylic oxidation sites excluding steroid dienone is 4. The topological polar surface area (TPSA) is 12.5 Å². The van der Waals surface area contributed by atoms with Crippen molar-refractivity contribution in [3.8, 4) is 0 Å². The van der Waals surface area contributed by atoms with E-state index in [9.17, 15) is 0 Å². The molecule has 2 heteroatoms. The molecule has 1 aliphatic rings. The lowest BCUT2D eigenvalue weighted by Crippen LogP contribution is -2.34. The molecule has 1 saturated heterocycles. The zero-order valence-corrected chi connectivity index (χ0v) is 12.6. The summed E-state index contributed by atoms with van der Waals surface area (Å²) in [6.45, 7) is 12.5. The Kier molecular flexibility index (Phi) is 8.31. The molecule has 0 aromatic rings. The fourth-order valence-corrected chi connectivity index (χ4v) is 2.49. The first-order chi connectivity index (χ1) is 9.30. The third kappa shape index (κ3) is 6.63. The Balaban J connectivity index is 2.11. The van der Waals surface area contributed by atoms with E-state index in [4.69, 9.17) is 4.74 Å². The number of rotatable bonds is 8. The lowest BCUT2D eigenvalue weighted by atomic mass is 9.94. The van der Waals surface area contributed by atoms with Gasteiger partial charge in [-0.05, 0) is 57.3 Å². The molecule has 0 unspecified atom stereocenters. The van der Waals surface area contributed by atoms with Gasteiger partial charge in [0.2, 0.25) is 0 Å². The lowest BCUT2D eigenvalue weighted by Gasteiger charge is -2.31. The molecule has 1 heterocycles. The van der Waals surface area contributed by atoms with Gasteiger partial charge in [-0.15, -0.1) is 0 Å². The predicted octanol–water partition coefficient (Wildman–Crippen LogP) is 4.16. The first-order valence-electron chi connectivity index (χ1n) is 7.60. The Morgan fingerprint density at radius 2 is 2.11 bits per heavy atom. The number of hydrogen-bond donors (Lipinski definition) is 0. The Morgan fingerprint density at radius 3 is 2.68 bits per heavy atom. The average molecular weight is 263 g/mol. The third-order valence-electron chi connectivity index (χ3n) is 3.85. The van der Waals surface area contributed by atoms with Crippen LogP contribution in [0.25, 0.3) is 0 Å². The Morgan fingerprint density at radius 1 is 1.37 bits per heavy atom. The molecule has 1 fully saturated rings. The highest BCUT2D eigenvalue weighted by Gasteiger charge is 2.16. The molecule has 0 saturated carbocycles. The minimum atomic E-state index is 0.800. The number of ether oxygens (including phenoxy) is 1. The van der Waals surface area contributed by atoms with Crippen molar-refractivity contribution < 1.29 is 4.74 Å². The van der Waals surface area contributed by atoms with Crippen molar-refractivity contribution >= 4 is 0 Å². The van der Waals surface area contributed by atoms with Crippen LogP contribution in [0, 0.1) is 5.92 Å². The number of likely N-dealkylation sites (tertiary alicyclic amines) is 1. The highest BCUT2D eigenvalue weighted by molar-refractivity contribution is 5.15. The molecular formula is C17H29NO. The highest BCUT2D eigenvalue weighted by atomic mass is 16.5. The van der Waals surface area contributed by atoms with Crippen LogP contribution in [0.3, 0.4) is 0 Å². The van der Waals surface area contributed by atoms with Crippen LogP contribution in [-0.2, 0) is 4.74 Å². The van der Waals surface area contributed by atoms with Gasteiger partial charge in [0.15, 0.2) is 0 Å². The summed E-state index contributed by atoms with van der Waals surface area (Å²) in [6.07, 6.45) is 12.8. The van der Waals surface area contributed by atoms with Crippen molar-refractivity contribution in [1.29, 1.82) is 0 Å². The molecule has 0 bridgehead atoms. The van der Waals surface area contributed by atoms with E-state index in [0.717, 1.165) is 24.7 Å². The summed E-state index contributed by atoms with van der Waals surface area (Å²) in [5, 5.41) is 0. The van der Waals surface area contributed by atoms with Crippen molar-refractivity contribution in [2.24, 2.45) is 5.92 Å². The molecule has 1 rings (SSSR count). The van der Waals surface area contributed by atoms with Crippen LogP contribution in [0.2, 0.25) is 0 Å². The quantitative estimate of drug-likeness (QED) is 0.370. The zero-order valence-electron chi connectivity index (χ0n) is 12.6. The van der Waals surface area contributed by atoms with Crippen LogP contribution in [0.5, 0.6) is 0 Å². The van der Waals surface area contributed by atoms with E-state index in [1.54, 1.807) is 6.08 Å². The summed E-state index contributed by atoms with van der Waals surface area (Å²) in [4.78, 5) is 2.57.